The minimum absolute atomic E-state index is 0.338. The lowest BCUT2D eigenvalue weighted by Crippen LogP contribution is -2.09. The summed E-state index contributed by atoms with van der Waals surface area (Å²) in [4.78, 5) is 11.8. The molecule has 0 aliphatic rings. The first-order chi connectivity index (χ1) is 8.58. The summed E-state index contributed by atoms with van der Waals surface area (Å²) in [6.07, 6.45) is 0. The number of nitrogens with zero attached hydrogens (tertiary/aromatic N) is 2. The molecule has 5 heteroatoms. The standard InChI is InChI=1S/C13H11BrN2O2/c1-3-18-13(17)11-6-9-4-8(7-15)5-10(14)12(9)16(11)2/h4-6H,3H2,1-2H3. The van der Waals surface area contributed by atoms with Gasteiger partial charge in [-0.25, -0.2) is 4.79 Å². The molecule has 92 valence electrons. The van der Waals surface area contributed by atoms with Crippen molar-refractivity contribution in [3.8, 4) is 6.07 Å². The van der Waals surface area contributed by atoms with Crippen molar-refractivity contribution >= 4 is 32.8 Å². The number of aryl methyl sites for hydroxylation is 1. The van der Waals surface area contributed by atoms with Crippen molar-refractivity contribution in [1.29, 1.82) is 5.26 Å². The van der Waals surface area contributed by atoms with Crippen LogP contribution in [0.4, 0.5) is 0 Å². The van der Waals surface area contributed by atoms with Crippen molar-refractivity contribution in [3.63, 3.8) is 0 Å². The molecule has 0 atom stereocenters. The molecule has 0 amide bonds. The molecule has 1 aromatic carbocycles. The van der Waals surface area contributed by atoms with Crippen LogP contribution in [-0.2, 0) is 11.8 Å². The van der Waals surface area contributed by atoms with Crippen molar-refractivity contribution in [3.05, 3.63) is 33.9 Å². The van der Waals surface area contributed by atoms with E-state index in [2.05, 4.69) is 22.0 Å². The van der Waals surface area contributed by atoms with Gasteiger partial charge in [0.2, 0.25) is 0 Å². The van der Waals surface area contributed by atoms with Crippen LogP contribution in [0.25, 0.3) is 10.9 Å². The van der Waals surface area contributed by atoms with Crippen molar-refractivity contribution in [2.75, 3.05) is 6.61 Å². The predicted molar refractivity (Wildman–Crippen MR) is 71.3 cm³/mol. The highest BCUT2D eigenvalue weighted by Crippen LogP contribution is 2.28. The van der Waals surface area contributed by atoms with Crippen LogP contribution in [0.3, 0.4) is 0 Å². The fourth-order valence-corrected chi connectivity index (χ4v) is 2.66. The highest BCUT2D eigenvalue weighted by molar-refractivity contribution is 9.10. The summed E-state index contributed by atoms with van der Waals surface area (Å²) in [6, 6.07) is 7.31. The molecule has 0 N–H and O–H groups in total. The zero-order valence-electron chi connectivity index (χ0n) is 10.0. The molecule has 0 fully saturated rings. The van der Waals surface area contributed by atoms with E-state index in [1.165, 1.54) is 0 Å². The number of carbonyl (C=O) groups is 1. The smallest absolute Gasteiger partial charge is 0.354 e. The molecular weight excluding hydrogens is 296 g/mol. The number of halogens is 1. The number of benzene rings is 1. The van der Waals surface area contributed by atoms with Crippen LogP contribution >= 0.6 is 15.9 Å². The Morgan fingerprint density at radius 3 is 2.83 bits per heavy atom. The maximum Gasteiger partial charge on any atom is 0.354 e. The number of carbonyl (C=O) groups excluding carboxylic acids is 1. The van der Waals surface area contributed by atoms with E-state index in [1.54, 1.807) is 36.7 Å². The Morgan fingerprint density at radius 1 is 1.50 bits per heavy atom. The van der Waals surface area contributed by atoms with Gasteiger partial charge in [0.1, 0.15) is 5.69 Å². The van der Waals surface area contributed by atoms with E-state index in [4.69, 9.17) is 10.00 Å². The van der Waals surface area contributed by atoms with Gasteiger partial charge in [-0.05, 0) is 41.1 Å². The Hall–Kier alpha value is -1.80. The second-order valence-electron chi connectivity index (χ2n) is 3.82. The third-order valence-electron chi connectivity index (χ3n) is 2.70. The van der Waals surface area contributed by atoms with Gasteiger partial charge in [-0.15, -0.1) is 0 Å². The molecule has 1 heterocycles. The first kappa shape index (κ1) is 12.7. The number of esters is 1. The molecule has 0 radical (unpaired) electrons. The molecule has 2 rings (SSSR count). The number of hydrogen-bond donors (Lipinski definition) is 0. The second kappa shape index (κ2) is 4.83. The monoisotopic (exact) mass is 306 g/mol. The summed E-state index contributed by atoms with van der Waals surface area (Å²) in [7, 11) is 1.80. The normalized spacial score (nSPS) is 10.3. The van der Waals surface area contributed by atoms with Gasteiger partial charge in [0.15, 0.2) is 0 Å². The molecule has 0 unspecified atom stereocenters. The van der Waals surface area contributed by atoms with E-state index in [9.17, 15) is 4.79 Å². The maximum absolute atomic E-state index is 11.8. The number of ether oxygens (including phenoxy) is 1. The molecule has 2 aromatic rings. The van der Waals surface area contributed by atoms with Gasteiger partial charge in [0.25, 0.3) is 0 Å². The Labute approximate surface area is 113 Å². The molecule has 1 aromatic heterocycles. The summed E-state index contributed by atoms with van der Waals surface area (Å²) in [5, 5.41) is 9.76. The quantitative estimate of drug-likeness (QED) is 0.801. The Kier molecular flexibility index (Phi) is 3.39. The molecule has 0 aliphatic carbocycles. The SMILES string of the molecule is CCOC(=O)c1cc2cc(C#N)cc(Br)c2n1C. The minimum Gasteiger partial charge on any atom is -0.461 e. The minimum atomic E-state index is -0.360. The van der Waals surface area contributed by atoms with Crippen LogP contribution in [0.1, 0.15) is 23.0 Å². The van der Waals surface area contributed by atoms with Crippen LogP contribution in [0.15, 0.2) is 22.7 Å². The summed E-state index contributed by atoms with van der Waals surface area (Å²) < 4.78 is 7.54. The highest BCUT2D eigenvalue weighted by Gasteiger charge is 2.16. The molecule has 0 spiro atoms. The number of hydrogen-bond acceptors (Lipinski definition) is 3. The lowest BCUT2D eigenvalue weighted by atomic mass is 10.2. The Morgan fingerprint density at radius 2 is 2.22 bits per heavy atom. The van der Waals surface area contributed by atoms with Gasteiger partial charge in [-0.1, -0.05) is 0 Å². The zero-order chi connectivity index (χ0) is 13.3. The summed E-state index contributed by atoms with van der Waals surface area (Å²) in [5.41, 5.74) is 1.90. The number of fused-ring (bicyclic) bond motifs is 1. The molecular formula is C13H11BrN2O2. The fraction of sp³-hybridized carbons (Fsp3) is 0.231. The van der Waals surface area contributed by atoms with Crippen LogP contribution in [0, 0.1) is 11.3 Å². The first-order valence-electron chi connectivity index (χ1n) is 5.44. The van der Waals surface area contributed by atoms with Crippen molar-refractivity contribution in [1.82, 2.24) is 4.57 Å². The van der Waals surface area contributed by atoms with Crippen LogP contribution in [-0.4, -0.2) is 17.1 Å². The summed E-state index contributed by atoms with van der Waals surface area (Å²) in [5.74, 6) is -0.360. The van der Waals surface area contributed by atoms with Gasteiger partial charge in [-0.3, -0.25) is 0 Å². The molecule has 0 saturated heterocycles. The number of aromatic nitrogens is 1. The topological polar surface area (TPSA) is 55.0 Å². The average Bonchev–Trinajstić information content (AvgIpc) is 2.67. The highest BCUT2D eigenvalue weighted by atomic mass is 79.9. The lowest BCUT2D eigenvalue weighted by molar-refractivity contribution is 0.0516. The second-order valence-corrected chi connectivity index (χ2v) is 4.67. The summed E-state index contributed by atoms with van der Waals surface area (Å²) in [6.45, 7) is 2.11. The van der Waals surface area contributed by atoms with Crippen molar-refractivity contribution in [2.24, 2.45) is 7.05 Å². The summed E-state index contributed by atoms with van der Waals surface area (Å²) >= 11 is 3.42. The molecule has 4 nitrogen and oxygen atoms in total. The maximum atomic E-state index is 11.8. The molecule has 0 saturated carbocycles. The van der Waals surface area contributed by atoms with E-state index >= 15 is 0 Å². The lowest BCUT2D eigenvalue weighted by Gasteiger charge is -2.04. The van der Waals surface area contributed by atoms with E-state index in [0.717, 1.165) is 15.4 Å². The zero-order valence-corrected chi connectivity index (χ0v) is 11.6. The van der Waals surface area contributed by atoms with E-state index in [1.807, 2.05) is 0 Å². The molecule has 0 bridgehead atoms. The largest absolute Gasteiger partial charge is 0.461 e. The molecule has 0 aliphatic heterocycles. The average molecular weight is 307 g/mol. The molecule has 18 heavy (non-hydrogen) atoms. The van der Waals surface area contributed by atoms with Crippen molar-refractivity contribution < 1.29 is 9.53 Å². The van der Waals surface area contributed by atoms with Gasteiger partial charge in [0, 0.05) is 16.9 Å². The Balaban J connectivity index is 2.67. The Bertz CT molecular complexity index is 668. The number of rotatable bonds is 2. The third kappa shape index (κ3) is 2.00. The van der Waals surface area contributed by atoms with E-state index in [-0.39, 0.29) is 5.97 Å². The van der Waals surface area contributed by atoms with E-state index < -0.39 is 0 Å². The van der Waals surface area contributed by atoms with Gasteiger partial charge >= 0.3 is 5.97 Å². The number of nitriles is 1. The van der Waals surface area contributed by atoms with Gasteiger partial charge < -0.3 is 9.30 Å². The first-order valence-corrected chi connectivity index (χ1v) is 6.24. The predicted octanol–water partition coefficient (Wildman–Crippen LogP) is 2.99. The van der Waals surface area contributed by atoms with Crippen LogP contribution in [0.5, 0.6) is 0 Å². The third-order valence-corrected chi connectivity index (χ3v) is 3.30. The van der Waals surface area contributed by atoms with Gasteiger partial charge in [-0.2, -0.15) is 5.26 Å². The van der Waals surface area contributed by atoms with Crippen molar-refractivity contribution in [2.45, 2.75) is 6.92 Å². The van der Waals surface area contributed by atoms with Gasteiger partial charge in [0.05, 0.1) is 23.8 Å². The fourth-order valence-electron chi connectivity index (χ4n) is 1.91. The van der Waals surface area contributed by atoms with Crippen LogP contribution in [0.2, 0.25) is 0 Å². The van der Waals surface area contributed by atoms with E-state index in [0.29, 0.717) is 17.9 Å². The van der Waals surface area contributed by atoms with Crippen LogP contribution < -0.4 is 0 Å².